The summed E-state index contributed by atoms with van der Waals surface area (Å²) in [5.41, 5.74) is 1.97. The van der Waals surface area contributed by atoms with E-state index in [-0.39, 0.29) is 16.7 Å². The zero-order valence-electron chi connectivity index (χ0n) is 19.1. The SMILES string of the molecule is CC.CC.CCNS(=O)(=O)c1ccc(CCCCN2C(=O)c3ccccc3C2=O)cc1. The predicted octanol–water partition coefficient (Wildman–Crippen LogP) is 4.66. The summed E-state index contributed by atoms with van der Waals surface area (Å²) in [5.74, 6) is -0.456. The molecule has 2 aromatic rings. The quantitative estimate of drug-likeness (QED) is 0.472. The standard InChI is InChI=1S/C20H22N2O4S.2C2H6/c1-2-21-27(25,26)16-12-10-15(11-13-16)7-5-6-14-22-19(23)17-8-3-4-9-18(17)20(22)24;2*1-2/h3-4,8-13,21H,2,5-7,14H2,1H3;2*1-2H3. The van der Waals surface area contributed by atoms with Gasteiger partial charge in [-0.25, -0.2) is 13.1 Å². The van der Waals surface area contributed by atoms with Gasteiger partial charge in [-0.2, -0.15) is 0 Å². The molecule has 1 heterocycles. The molecule has 0 aliphatic carbocycles. The normalized spacial score (nSPS) is 12.5. The summed E-state index contributed by atoms with van der Waals surface area (Å²) >= 11 is 0. The van der Waals surface area contributed by atoms with Crippen LogP contribution in [-0.2, 0) is 16.4 Å². The lowest BCUT2D eigenvalue weighted by Crippen LogP contribution is -2.30. The fourth-order valence-corrected chi connectivity index (χ4v) is 4.19. The van der Waals surface area contributed by atoms with Gasteiger partial charge in [0.25, 0.3) is 11.8 Å². The van der Waals surface area contributed by atoms with Gasteiger partial charge in [0.2, 0.25) is 10.0 Å². The van der Waals surface area contributed by atoms with Crippen molar-refractivity contribution in [2.75, 3.05) is 13.1 Å². The second-order valence-corrected chi connectivity index (χ2v) is 8.18. The average Bonchev–Trinajstić information content (AvgIpc) is 3.04. The molecule has 0 fully saturated rings. The number of carbonyl (C=O) groups is 2. The zero-order valence-corrected chi connectivity index (χ0v) is 20.0. The van der Waals surface area contributed by atoms with Crippen molar-refractivity contribution in [2.45, 2.75) is 58.8 Å². The second kappa shape index (κ2) is 13.0. The summed E-state index contributed by atoms with van der Waals surface area (Å²) in [4.78, 5) is 26.1. The van der Waals surface area contributed by atoms with Gasteiger partial charge in [-0.1, -0.05) is 58.9 Å². The Labute approximate surface area is 186 Å². The van der Waals surface area contributed by atoms with Crippen LogP contribution in [-0.4, -0.2) is 38.2 Å². The van der Waals surface area contributed by atoms with Gasteiger partial charge in [-0.05, 0) is 49.1 Å². The van der Waals surface area contributed by atoms with Gasteiger partial charge >= 0.3 is 0 Å². The lowest BCUT2D eigenvalue weighted by Gasteiger charge is -2.13. The first kappa shape index (κ1) is 26.5. The molecule has 0 unspecified atom stereocenters. The number of nitrogens with zero attached hydrogens (tertiary/aromatic N) is 1. The third kappa shape index (κ3) is 6.74. The van der Waals surface area contributed by atoms with E-state index in [0.717, 1.165) is 18.4 Å². The summed E-state index contributed by atoms with van der Waals surface area (Å²) in [6.07, 6.45) is 2.25. The fraction of sp³-hybridized carbons (Fsp3) is 0.417. The molecule has 0 atom stereocenters. The molecule has 1 aliphatic rings. The van der Waals surface area contributed by atoms with E-state index in [4.69, 9.17) is 0 Å². The molecule has 1 aliphatic heterocycles. The molecule has 0 saturated carbocycles. The minimum atomic E-state index is -3.43. The second-order valence-electron chi connectivity index (χ2n) is 6.41. The number of benzene rings is 2. The van der Waals surface area contributed by atoms with E-state index in [1.165, 1.54) is 4.90 Å². The maximum atomic E-state index is 12.3. The molecule has 6 nitrogen and oxygen atoms in total. The molecular formula is C24H34N2O4S. The molecule has 170 valence electrons. The summed E-state index contributed by atoms with van der Waals surface area (Å²) in [6.45, 7) is 10.5. The summed E-state index contributed by atoms with van der Waals surface area (Å²) < 4.78 is 26.3. The van der Waals surface area contributed by atoms with Gasteiger partial charge in [-0.3, -0.25) is 14.5 Å². The monoisotopic (exact) mass is 446 g/mol. The lowest BCUT2D eigenvalue weighted by molar-refractivity contribution is 0.0652. The number of imide groups is 1. The number of hydrogen-bond donors (Lipinski definition) is 1. The summed E-state index contributed by atoms with van der Waals surface area (Å²) in [6, 6.07) is 13.7. The average molecular weight is 447 g/mol. The minimum absolute atomic E-state index is 0.228. The Hall–Kier alpha value is -2.51. The molecule has 1 N–H and O–H groups in total. The van der Waals surface area contributed by atoms with Gasteiger partial charge in [0, 0.05) is 13.1 Å². The van der Waals surface area contributed by atoms with Crippen molar-refractivity contribution >= 4 is 21.8 Å². The minimum Gasteiger partial charge on any atom is -0.274 e. The number of sulfonamides is 1. The third-order valence-electron chi connectivity index (χ3n) is 4.54. The molecule has 0 bridgehead atoms. The Bertz CT molecular complexity index is 919. The lowest BCUT2D eigenvalue weighted by atomic mass is 10.1. The van der Waals surface area contributed by atoms with Crippen LogP contribution in [0.5, 0.6) is 0 Å². The highest BCUT2D eigenvalue weighted by Gasteiger charge is 2.34. The molecule has 0 saturated heterocycles. The molecule has 0 aromatic heterocycles. The molecule has 2 aromatic carbocycles. The molecule has 2 amide bonds. The van der Waals surface area contributed by atoms with Crippen molar-refractivity contribution in [1.29, 1.82) is 0 Å². The number of rotatable bonds is 8. The van der Waals surface area contributed by atoms with E-state index in [0.29, 0.717) is 30.6 Å². The summed E-state index contributed by atoms with van der Waals surface area (Å²) in [7, 11) is -3.43. The Kier molecular flexibility index (Phi) is 11.1. The smallest absolute Gasteiger partial charge is 0.261 e. The number of hydrogen-bond acceptors (Lipinski definition) is 4. The van der Waals surface area contributed by atoms with Crippen LogP contribution < -0.4 is 4.72 Å². The van der Waals surface area contributed by atoms with Crippen LogP contribution in [0.1, 0.15) is 73.7 Å². The topological polar surface area (TPSA) is 83.6 Å². The highest BCUT2D eigenvalue weighted by Crippen LogP contribution is 2.23. The van der Waals surface area contributed by atoms with Crippen LogP contribution >= 0.6 is 0 Å². The van der Waals surface area contributed by atoms with Crippen molar-refractivity contribution in [1.82, 2.24) is 9.62 Å². The van der Waals surface area contributed by atoms with Crippen LogP contribution in [0.3, 0.4) is 0 Å². The van der Waals surface area contributed by atoms with Gasteiger partial charge in [-0.15, -0.1) is 0 Å². The van der Waals surface area contributed by atoms with Crippen LogP contribution in [0.25, 0.3) is 0 Å². The molecule has 3 rings (SSSR count). The first-order valence-electron chi connectivity index (χ1n) is 11.0. The van der Waals surface area contributed by atoms with E-state index in [9.17, 15) is 18.0 Å². The molecule has 0 radical (unpaired) electrons. The molecular weight excluding hydrogens is 412 g/mol. The fourth-order valence-electron chi connectivity index (χ4n) is 3.15. The van der Waals surface area contributed by atoms with Crippen molar-refractivity contribution < 1.29 is 18.0 Å². The highest BCUT2D eigenvalue weighted by molar-refractivity contribution is 7.89. The van der Waals surface area contributed by atoms with Gasteiger partial charge < -0.3 is 0 Å². The predicted molar refractivity (Wildman–Crippen MR) is 125 cm³/mol. The van der Waals surface area contributed by atoms with E-state index in [1.807, 2.05) is 27.7 Å². The van der Waals surface area contributed by atoms with Crippen LogP contribution in [0, 0.1) is 0 Å². The zero-order chi connectivity index (χ0) is 23.4. The number of amides is 2. The van der Waals surface area contributed by atoms with Gasteiger partial charge in [0.05, 0.1) is 16.0 Å². The number of nitrogens with one attached hydrogen (secondary N) is 1. The van der Waals surface area contributed by atoms with Crippen molar-refractivity contribution in [3.05, 3.63) is 65.2 Å². The Morgan fingerprint density at radius 3 is 1.81 bits per heavy atom. The van der Waals surface area contributed by atoms with E-state index in [1.54, 1.807) is 55.5 Å². The maximum Gasteiger partial charge on any atom is 0.261 e. The van der Waals surface area contributed by atoms with Crippen LogP contribution in [0.4, 0.5) is 0 Å². The van der Waals surface area contributed by atoms with Crippen LogP contribution in [0.15, 0.2) is 53.4 Å². The summed E-state index contributed by atoms with van der Waals surface area (Å²) in [5, 5.41) is 0. The van der Waals surface area contributed by atoms with Gasteiger partial charge in [0.15, 0.2) is 0 Å². The number of unbranched alkanes of at least 4 members (excludes halogenated alkanes) is 1. The number of aryl methyl sites for hydroxylation is 1. The van der Waals surface area contributed by atoms with E-state index in [2.05, 4.69) is 4.72 Å². The van der Waals surface area contributed by atoms with Gasteiger partial charge in [0.1, 0.15) is 0 Å². The Balaban J connectivity index is 0.00000113. The first-order valence-corrected chi connectivity index (χ1v) is 12.5. The third-order valence-corrected chi connectivity index (χ3v) is 6.10. The maximum absolute atomic E-state index is 12.3. The van der Waals surface area contributed by atoms with E-state index >= 15 is 0 Å². The highest BCUT2D eigenvalue weighted by atomic mass is 32.2. The van der Waals surface area contributed by atoms with Crippen molar-refractivity contribution in [3.63, 3.8) is 0 Å². The molecule has 7 heteroatoms. The number of carbonyl (C=O) groups excluding carboxylic acids is 2. The van der Waals surface area contributed by atoms with Crippen LogP contribution in [0.2, 0.25) is 0 Å². The Morgan fingerprint density at radius 2 is 1.32 bits per heavy atom. The molecule has 31 heavy (non-hydrogen) atoms. The number of fused-ring (bicyclic) bond motifs is 1. The van der Waals surface area contributed by atoms with Crippen molar-refractivity contribution in [2.24, 2.45) is 0 Å². The largest absolute Gasteiger partial charge is 0.274 e. The Morgan fingerprint density at radius 1 is 0.806 bits per heavy atom. The first-order chi connectivity index (χ1) is 14.9. The van der Waals surface area contributed by atoms with Crippen molar-refractivity contribution in [3.8, 4) is 0 Å². The molecule has 0 spiro atoms. The van der Waals surface area contributed by atoms with E-state index < -0.39 is 10.0 Å².